The molecular formula is C15H24N2O. The van der Waals surface area contributed by atoms with Crippen LogP contribution in [0, 0.1) is 28.6 Å². The summed E-state index contributed by atoms with van der Waals surface area (Å²) in [7, 11) is 0. The van der Waals surface area contributed by atoms with Gasteiger partial charge in [0.25, 0.3) is 0 Å². The van der Waals surface area contributed by atoms with Crippen molar-refractivity contribution in [1.82, 2.24) is 5.32 Å². The number of nitriles is 1. The minimum atomic E-state index is -0.722. The molecule has 2 saturated carbocycles. The summed E-state index contributed by atoms with van der Waals surface area (Å²) < 4.78 is 0. The van der Waals surface area contributed by atoms with E-state index >= 15 is 0 Å². The quantitative estimate of drug-likeness (QED) is 0.816. The summed E-state index contributed by atoms with van der Waals surface area (Å²) in [5, 5.41) is 12.5. The maximum Gasteiger partial charge on any atom is 0.240 e. The van der Waals surface area contributed by atoms with Gasteiger partial charge in [-0.2, -0.15) is 5.26 Å². The van der Waals surface area contributed by atoms with Crippen molar-refractivity contribution in [2.24, 2.45) is 17.3 Å². The fourth-order valence-electron chi connectivity index (χ4n) is 3.46. The summed E-state index contributed by atoms with van der Waals surface area (Å²) >= 11 is 0. The molecule has 0 radical (unpaired) electrons. The van der Waals surface area contributed by atoms with Gasteiger partial charge < -0.3 is 5.32 Å². The third-order valence-corrected chi connectivity index (χ3v) is 5.13. The first-order valence-corrected chi connectivity index (χ1v) is 7.31. The lowest BCUT2D eigenvalue weighted by Crippen LogP contribution is -2.48. The Labute approximate surface area is 110 Å². The second kappa shape index (κ2) is 5.30. The molecule has 1 N–H and O–H groups in total. The van der Waals surface area contributed by atoms with Gasteiger partial charge in [-0.3, -0.25) is 4.79 Å². The largest absolute Gasteiger partial charge is 0.352 e. The molecule has 2 rings (SSSR count). The molecule has 3 atom stereocenters. The Morgan fingerprint density at radius 3 is 2.50 bits per heavy atom. The van der Waals surface area contributed by atoms with Crippen LogP contribution in [0.2, 0.25) is 0 Å². The minimum absolute atomic E-state index is 0.00606. The molecule has 0 bridgehead atoms. The van der Waals surface area contributed by atoms with Crippen LogP contribution in [0.4, 0.5) is 0 Å². The van der Waals surface area contributed by atoms with E-state index in [4.69, 9.17) is 0 Å². The first-order chi connectivity index (χ1) is 8.59. The number of nitrogens with zero attached hydrogens (tertiary/aromatic N) is 1. The Morgan fingerprint density at radius 1 is 1.22 bits per heavy atom. The highest BCUT2D eigenvalue weighted by atomic mass is 16.2. The van der Waals surface area contributed by atoms with Crippen LogP contribution in [0.3, 0.4) is 0 Å². The molecule has 2 aliphatic rings. The van der Waals surface area contributed by atoms with Crippen LogP contribution in [0.15, 0.2) is 0 Å². The molecule has 100 valence electrons. The van der Waals surface area contributed by atoms with Crippen LogP contribution in [0.25, 0.3) is 0 Å². The first kappa shape index (κ1) is 13.4. The molecule has 0 saturated heterocycles. The van der Waals surface area contributed by atoms with E-state index in [-0.39, 0.29) is 11.9 Å². The zero-order chi connectivity index (χ0) is 13.2. The van der Waals surface area contributed by atoms with Crippen molar-refractivity contribution < 1.29 is 4.79 Å². The lowest BCUT2D eigenvalue weighted by Gasteiger charge is -2.36. The molecule has 0 aromatic rings. The molecule has 0 aromatic heterocycles. The van der Waals surface area contributed by atoms with E-state index in [9.17, 15) is 10.1 Å². The van der Waals surface area contributed by atoms with E-state index in [1.54, 1.807) is 0 Å². The normalized spacial score (nSPS) is 34.8. The molecule has 0 heterocycles. The van der Waals surface area contributed by atoms with E-state index in [0.29, 0.717) is 11.8 Å². The van der Waals surface area contributed by atoms with Gasteiger partial charge in [0, 0.05) is 6.04 Å². The first-order valence-electron chi connectivity index (χ1n) is 7.31. The number of hydrogen-bond donors (Lipinski definition) is 1. The average molecular weight is 248 g/mol. The molecule has 2 fully saturated rings. The second-order valence-corrected chi connectivity index (χ2v) is 6.25. The van der Waals surface area contributed by atoms with E-state index < -0.39 is 5.41 Å². The number of nitrogens with one attached hydrogen (secondary N) is 1. The fourth-order valence-corrected chi connectivity index (χ4v) is 3.46. The third-order valence-electron chi connectivity index (χ3n) is 5.13. The van der Waals surface area contributed by atoms with Crippen LogP contribution < -0.4 is 5.32 Å². The Balaban J connectivity index is 2.00. The number of amides is 1. The summed E-state index contributed by atoms with van der Waals surface area (Å²) in [4.78, 5) is 12.4. The summed E-state index contributed by atoms with van der Waals surface area (Å²) in [6.07, 6.45) is 7.03. The number of carbonyl (C=O) groups is 1. The van der Waals surface area contributed by atoms with Gasteiger partial charge in [-0.15, -0.1) is 0 Å². The van der Waals surface area contributed by atoms with Crippen molar-refractivity contribution in [1.29, 1.82) is 5.26 Å². The zero-order valence-electron chi connectivity index (χ0n) is 11.5. The molecule has 3 nitrogen and oxygen atoms in total. The Hall–Kier alpha value is -1.04. The van der Waals surface area contributed by atoms with Crippen molar-refractivity contribution in [3.8, 4) is 6.07 Å². The molecule has 3 heteroatoms. The van der Waals surface area contributed by atoms with E-state index in [2.05, 4.69) is 25.2 Å². The van der Waals surface area contributed by atoms with Gasteiger partial charge in [0.05, 0.1) is 6.07 Å². The summed E-state index contributed by atoms with van der Waals surface area (Å²) in [5.74, 6) is 1.19. The number of hydrogen-bond acceptors (Lipinski definition) is 2. The van der Waals surface area contributed by atoms with Gasteiger partial charge >= 0.3 is 0 Å². The maximum atomic E-state index is 12.4. The second-order valence-electron chi connectivity index (χ2n) is 6.25. The number of rotatable bonds is 2. The van der Waals surface area contributed by atoms with Crippen molar-refractivity contribution in [2.75, 3.05) is 0 Å². The van der Waals surface area contributed by atoms with Crippen LogP contribution in [-0.2, 0) is 4.79 Å². The Morgan fingerprint density at radius 2 is 1.89 bits per heavy atom. The van der Waals surface area contributed by atoms with Gasteiger partial charge in [0.2, 0.25) is 5.91 Å². The monoisotopic (exact) mass is 248 g/mol. The fraction of sp³-hybridized carbons (Fsp3) is 0.867. The van der Waals surface area contributed by atoms with Crippen LogP contribution >= 0.6 is 0 Å². The van der Waals surface area contributed by atoms with Gasteiger partial charge in [-0.25, -0.2) is 0 Å². The summed E-state index contributed by atoms with van der Waals surface area (Å²) in [5.41, 5.74) is -0.722. The SMILES string of the molecule is CC1CCCC(NC(=O)C2(C#N)CCCC2)C1C. The third kappa shape index (κ3) is 2.39. The minimum Gasteiger partial charge on any atom is -0.352 e. The zero-order valence-corrected chi connectivity index (χ0v) is 11.5. The van der Waals surface area contributed by atoms with E-state index in [1.165, 1.54) is 12.8 Å². The Bertz CT molecular complexity index is 352. The van der Waals surface area contributed by atoms with Crippen LogP contribution in [0.5, 0.6) is 0 Å². The highest BCUT2D eigenvalue weighted by Crippen LogP contribution is 2.38. The number of carbonyl (C=O) groups excluding carboxylic acids is 1. The smallest absolute Gasteiger partial charge is 0.240 e. The molecular weight excluding hydrogens is 224 g/mol. The topological polar surface area (TPSA) is 52.9 Å². The van der Waals surface area contributed by atoms with Crippen LogP contribution in [0.1, 0.15) is 58.8 Å². The van der Waals surface area contributed by atoms with Gasteiger partial charge in [-0.1, -0.05) is 39.5 Å². The standard InChI is InChI=1S/C15H24N2O/c1-11-6-5-7-13(12(11)2)17-14(18)15(10-16)8-3-4-9-15/h11-13H,3-9H2,1-2H3,(H,17,18). The molecule has 0 spiro atoms. The predicted octanol–water partition coefficient (Wildman–Crippen LogP) is 3.01. The molecule has 18 heavy (non-hydrogen) atoms. The lowest BCUT2D eigenvalue weighted by molar-refractivity contribution is -0.129. The molecule has 2 aliphatic carbocycles. The summed E-state index contributed by atoms with van der Waals surface area (Å²) in [6, 6.07) is 2.55. The van der Waals surface area contributed by atoms with Crippen molar-refractivity contribution in [3.05, 3.63) is 0 Å². The van der Waals surface area contributed by atoms with Gasteiger partial charge in [0.1, 0.15) is 5.41 Å². The van der Waals surface area contributed by atoms with Crippen molar-refractivity contribution in [3.63, 3.8) is 0 Å². The Kier molecular flexibility index (Phi) is 3.94. The van der Waals surface area contributed by atoms with Gasteiger partial charge in [-0.05, 0) is 31.1 Å². The predicted molar refractivity (Wildman–Crippen MR) is 70.6 cm³/mol. The molecule has 0 aliphatic heterocycles. The summed E-state index contributed by atoms with van der Waals surface area (Å²) in [6.45, 7) is 4.49. The van der Waals surface area contributed by atoms with E-state index in [1.807, 2.05) is 0 Å². The van der Waals surface area contributed by atoms with E-state index in [0.717, 1.165) is 32.1 Å². The highest BCUT2D eigenvalue weighted by molar-refractivity contribution is 5.86. The van der Waals surface area contributed by atoms with Crippen LogP contribution in [-0.4, -0.2) is 11.9 Å². The average Bonchev–Trinajstić information content (AvgIpc) is 2.85. The maximum absolute atomic E-state index is 12.4. The molecule has 1 amide bonds. The lowest BCUT2D eigenvalue weighted by atomic mass is 9.77. The van der Waals surface area contributed by atoms with Crippen molar-refractivity contribution >= 4 is 5.91 Å². The highest BCUT2D eigenvalue weighted by Gasteiger charge is 2.43. The van der Waals surface area contributed by atoms with Gasteiger partial charge in [0.15, 0.2) is 0 Å². The molecule has 3 unspecified atom stereocenters. The molecule has 0 aromatic carbocycles. The van der Waals surface area contributed by atoms with Crippen molar-refractivity contribution in [2.45, 2.75) is 64.8 Å².